The van der Waals surface area contributed by atoms with E-state index in [4.69, 9.17) is 4.74 Å². The standard InChI is InChI=1S/C35H39N3O3/c1-24(2)41-34(39)23-37-21-28(31-13-6-7-14-33(31)37)22-38(29-15-16-29)35(40)32-20-36-18-17-30(32)27-12-8-11-26(19-27)25-9-4-3-5-10-25/h3-14,19,21,24,29-30,32,36H,15-18,20,22-23H2,1-2H3/t30-,32+/m1/s1. The quantitative estimate of drug-likeness (QED) is 0.255. The number of amides is 1. The van der Waals surface area contributed by atoms with Crippen molar-refractivity contribution in [3.05, 3.63) is 96.2 Å². The first-order valence-electron chi connectivity index (χ1n) is 14.9. The van der Waals surface area contributed by atoms with Crippen molar-refractivity contribution < 1.29 is 14.3 Å². The molecule has 1 aliphatic heterocycles. The van der Waals surface area contributed by atoms with Gasteiger partial charge in [0, 0.05) is 36.2 Å². The minimum Gasteiger partial charge on any atom is -0.462 e. The number of carbonyl (C=O) groups is 2. The number of esters is 1. The van der Waals surface area contributed by atoms with Crippen molar-refractivity contribution in [1.29, 1.82) is 0 Å². The number of aromatic nitrogens is 1. The van der Waals surface area contributed by atoms with E-state index in [9.17, 15) is 9.59 Å². The summed E-state index contributed by atoms with van der Waals surface area (Å²) in [6, 6.07) is 27.6. The van der Waals surface area contributed by atoms with Gasteiger partial charge in [0.2, 0.25) is 5.91 Å². The molecule has 212 valence electrons. The molecule has 0 radical (unpaired) electrons. The summed E-state index contributed by atoms with van der Waals surface area (Å²) in [5.74, 6) is 0.0210. The molecule has 0 bridgehead atoms. The maximum absolute atomic E-state index is 14.4. The Morgan fingerprint density at radius 1 is 0.951 bits per heavy atom. The van der Waals surface area contributed by atoms with E-state index in [0.717, 1.165) is 42.3 Å². The molecule has 1 saturated carbocycles. The summed E-state index contributed by atoms with van der Waals surface area (Å²) >= 11 is 0. The normalized spacial score (nSPS) is 18.9. The first kappa shape index (κ1) is 27.3. The molecule has 6 rings (SSSR count). The summed E-state index contributed by atoms with van der Waals surface area (Å²) in [5, 5.41) is 4.59. The fraction of sp³-hybridized carbons (Fsp3) is 0.371. The molecule has 1 N–H and O–H groups in total. The van der Waals surface area contributed by atoms with E-state index in [-0.39, 0.29) is 42.4 Å². The maximum Gasteiger partial charge on any atom is 0.326 e. The third-order valence-electron chi connectivity index (χ3n) is 8.37. The monoisotopic (exact) mass is 549 g/mol. The highest BCUT2D eigenvalue weighted by Crippen LogP contribution is 2.38. The fourth-order valence-electron chi connectivity index (χ4n) is 6.29. The van der Waals surface area contributed by atoms with Crippen LogP contribution in [0.1, 0.15) is 50.2 Å². The molecule has 2 fully saturated rings. The number of piperidine rings is 1. The van der Waals surface area contributed by atoms with Crippen LogP contribution in [0.15, 0.2) is 85.1 Å². The van der Waals surface area contributed by atoms with E-state index in [1.165, 1.54) is 16.7 Å². The van der Waals surface area contributed by atoms with Crippen LogP contribution in [-0.2, 0) is 27.4 Å². The predicted octanol–water partition coefficient (Wildman–Crippen LogP) is 6.14. The van der Waals surface area contributed by atoms with Gasteiger partial charge in [-0.15, -0.1) is 0 Å². The third kappa shape index (κ3) is 6.08. The van der Waals surface area contributed by atoms with E-state index < -0.39 is 0 Å². The highest BCUT2D eigenvalue weighted by molar-refractivity contribution is 5.87. The van der Waals surface area contributed by atoms with E-state index in [0.29, 0.717) is 13.1 Å². The molecule has 1 aromatic heterocycles. The molecular weight excluding hydrogens is 510 g/mol. The minimum absolute atomic E-state index is 0.121. The lowest BCUT2D eigenvalue weighted by Gasteiger charge is -2.36. The second-order valence-electron chi connectivity index (χ2n) is 11.7. The number of ether oxygens (including phenoxy) is 1. The summed E-state index contributed by atoms with van der Waals surface area (Å²) in [4.78, 5) is 29.0. The topological polar surface area (TPSA) is 63.6 Å². The Labute approximate surface area is 242 Å². The first-order valence-corrected chi connectivity index (χ1v) is 14.9. The summed E-state index contributed by atoms with van der Waals surface area (Å²) in [7, 11) is 0. The lowest BCUT2D eigenvalue weighted by atomic mass is 9.79. The molecule has 6 heteroatoms. The number of para-hydroxylation sites is 1. The van der Waals surface area contributed by atoms with Crippen LogP contribution in [0.3, 0.4) is 0 Å². The minimum atomic E-state index is -0.253. The summed E-state index contributed by atoms with van der Waals surface area (Å²) in [6.07, 6.45) is 4.90. The Morgan fingerprint density at radius 3 is 2.49 bits per heavy atom. The second kappa shape index (κ2) is 11.9. The number of benzene rings is 3. The number of nitrogens with zero attached hydrogens (tertiary/aromatic N) is 2. The molecule has 0 spiro atoms. The second-order valence-corrected chi connectivity index (χ2v) is 11.7. The number of fused-ring (bicyclic) bond motifs is 1. The zero-order chi connectivity index (χ0) is 28.3. The van der Waals surface area contributed by atoms with E-state index >= 15 is 0 Å². The molecule has 1 amide bonds. The SMILES string of the molecule is CC(C)OC(=O)Cn1cc(CN(C(=O)[C@H]2CNCC[C@@H]2c2cccc(-c3ccccc3)c2)C2CC2)c2ccccc21. The Bertz CT molecular complexity index is 1520. The van der Waals surface area contributed by atoms with Crippen molar-refractivity contribution >= 4 is 22.8 Å². The molecule has 2 aliphatic rings. The zero-order valence-corrected chi connectivity index (χ0v) is 24.0. The van der Waals surface area contributed by atoms with Crippen LogP contribution in [0.5, 0.6) is 0 Å². The van der Waals surface area contributed by atoms with Gasteiger partial charge in [-0.1, -0.05) is 72.8 Å². The van der Waals surface area contributed by atoms with Gasteiger partial charge in [0.05, 0.1) is 12.0 Å². The van der Waals surface area contributed by atoms with Crippen LogP contribution in [-0.4, -0.2) is 46.6 Å². The molecule has 0 unspecified atom stereocenters. The van der Waals surface area contributed by atoms with Crippen molar-refractivity contribution in [1.82, 2.24) is 14.8 Å². The van der Waals surface area contributed by atoms with Crippen LogP contribution in [0.2, 0.25) is 0 Å². The van der Waals surface area contributed by atoms with Gasteiger partial charge in [-0.25, -0.2) is 0 Å². The van der Waals surface area contributed by atoms with Gasteiger partial charge in [0.25, 0.3) is 0 Å². The maximum atomic E-state index is 14.4. The summed E-state index contributed by atoms with van der Waals surface area (Å²) in [5.41, 5.74) is 5.68. The summed E-state index contributed by atoms with van der Waals surface area (Å²) in [6.45, 7) is 6.02. The van der Waals surface area contributed by atoms with Crippen molar-refractivity contribution in [2.45, 2.75) is 64.3 Å². The molecule has 41 heavy (non-hydrogen) atoms. The Kier molecular flexibility index (Phi) is 7.93. The van der Waals surface area contributed by atoms with Gasteiger partial charge in [-0.2, -0.15) is 0 Å². The number of carbonyl (C=O) groups excluding carboxylic acids is 2. The van der Waals surface area contributed by atoms with Crippen molar-refractivity contribution in [3.63, 3.8) is 0 Å². The smallest absolute Gasteiger partial charge is 0.326 e. The molecule has 4 aromatic rings. The average molecular weight is 550 g/mol. The van der Waals surface area contributed by atoms with Crippen molar-refractivity contribution in [3.8, 4) is 11.1 Å². The lowest BCUT2D eigenvalue weighted by molar-refractivity contribution is -0.148. The van der Waals surface area contributed by atoms with E-state index in [1.54, 1.807) is 0 Å². The van der Waals surface area contributed by atoms with Gasteiger partial charge in [-0.05, 0) is 73.9 Å². The molecule has 3 aromatic carbocycles. The molecule has 1 aliphatic carbocycles. The number of rotatable bonds is 9. The molecule has 1 saturated heterocycles. The number of nitrogens with one attached hydrogen (secondary N) is 1. The molecule has 2 heterocycles. The van der Waals surface area contributed by atoms with Gasteiger partial charge in [0.15, 0.2) is 0 Å². The summed E-state index contributed by atoms with van der Waals surface area (Å²) < 4.78 is 7.38. The fourth-order valence-corrected chi connectivity index (χ4v) is 6.29. The van der Waals surface area contributed by atoms with Gasteiger partial charge >= 0.3 is 5.97 Å². The largest absolute Gasteiger partial charge is 0.462 e. The third-order valence-corrected chi connectivity index (χ3v) is 8.37. The lowest BCUT2D eigenvalue weighted by Crippen LogP contribution is -2.47. The molecule has 6 nitrogen and oxygen atoms in total. The van der Waals surface area contributed by atoms with Crippen molar-refractivity contribution in [2.75, 3.05) is 13.1 Å². The van der Waals surface area contributed by atoms with Crippen LogP contribution in [0.4, 0.5) is 0 Å². The van der Waals surface area contributed by atoms with E-state index in [2.05, 4.69) is 64.8 Å². The van der Waals surface area contributed by atoms with Gasteiger partial charge in [0.1, 0.15) is 6.54 Å². The Morgan fingerprint density at radius 2 is 1.71 bits per heavy atom. The van der Waals surface area contributed by atoms with Gasteiger partial charge in [-0.3, -0.25) is 9.59 Å². The van der Waals surface area contributed by atoms with Crippen LogP contribution in [0, 0.1) is 5.92 Å². The molecule has 2 atom stereocenters. The van der Waals surface area contributed by atoms with Crippen LogP contribution >= 0.6 is 0 Å². The predicted molar refractivity (Wildman–Crippen MR) is 162 cm³/mol. The number of hydrogen-bond acceptors (Lipinski definition) is 4. The highest BCUT2D eigenvalue weighted by atomic mass is 16.5. The Balaban J connectivity index is 1.27. The first-order chi connectivity index (χ1) is 20.0. The zero-order valence-electron chi connectivity index (χ0n) is 24.0. The van der Waals surface area contributed by atoms with Gasteiger partial charge < -0.3 is 19.5 Å². The average Bonchev–Trinajstić information content (AvgIpc) is 3.78. The number of hydrogen-bond donors (Lipinski definition) is 1. The Hall–Kier alpha value is -3.90. The van der Waals surface area contributed by atoms with Crippen LogP contribution < -0.4 is 5.32 Å². The highest BCUT2D eigenvalue weighted by Gasteiger charge is 2.40. The van der Waals surface area contributed by atoms with Crippen LogP contribution in [0.25, 0.3) is 22.0 Å². The van der Waals surface area contributed by atoms with E-state index in [1.807, 2.05) is 48.9 Å². The molecular formula is C35H39N3O3. The van der Waals surface area contributed by atoms with Crippen molar-refractivity contribution in [2.24, 2.45) is 5.92 Å².